The predicted octanol–water partition coefficient (Wildman–Crippen LogP) is 3.17. The van der Waals surface area contributed by atoms with Crippen molar-refractivity contribution < 1.29 is 5.48 Å². The highest BCUT2D eigenvalue weighted by atomic mass is 16.0. The average molecular weight is 225 g/mol. The summed E-state index contributed by atoms with van der Waals surface area (Å²) in [6.07, 6.45) is 3.93. The zero-order chi connectivity index (χ0) is 11.4. The van der Waals surface area contributed by atoms with Crippen LogP contribution < -0.4 is 5.32 Å². The molecule has 0 radical (unpaired) electrons. The Morgan fingerprint density at radius 2 is 1.62 bits per heavy atom. The Bertz CT molecular complexity index is 211. The average Bonchev–Trinajstić information content (AvgIpc) is 2.33. The van der Waals surface area contributed by atoms with Gasteiger partial charge >= 0.3 is 0 Å². The molecule has 94 valence electrons. The first-order chi connectivity index (χ1) is 7.43. The van der Waals surface area contributed by atoms with Crippen molar-refractivity contribution in [3.05, 3.63) is 35.9 Å². The van der Waals surface area contributed by atoms with Gasteiger partial charge in [-0.1, -0.05) is 63.9 Å². The van der Waals surface area contributed by atoms with Crippen LogP contribution in [0.2, 0.25) is 0 Å². The van der Waals surface area contributed by atoms with E-state index in [1.165, 1.54) is 24.8 Å². The summed E-state index contributed by atoms with van der Waals surface area (Å²) in [7, 11) is 0. The number of hydrogen-bond acceptors (Lipinski definition) is 1. The number of hydrogen-bond donors (Lipinski definition) is 1. The second kappa shape index (κ2) is 14.1. The molecule has 0 spiro atoms. The lowest BCUT2D eigenvalue weighted by Gasteiger charge is -2.03. The molecule has 0 saturated carbocycles. The fourth-order valence-electron chi connectivity index (χ4n) is 1.33. The number of benzene rings is 1. The van der Waals surface area contributed by atoms with Gasteiger partial charge in [0.1, 0.15) is 0 Å². The van der Waals surface area contributed by atoms with Gasteiger partial charge in [-0.3, -0.25) is 0 Å². The Kier molecular flexibility index (Phi) is 15.5. The SMILES string of the molecule is CC.CCCCCNCc1ccccc1.O. The van der Waals surface area contributed by atoms with Crippen LogP contribution in [0, 0.1) is 0 Å². The van der Waals surface area contributed by atoms with E-state index in [9.17, 15) is 0 Å². The van der Waals surface area contributed by atoms with E-state index >= 15 is 0 Å². The maximum Gasteiger partial charge on any atom is 0.0205 e. The van der Waals surface area contributed by atoms with E-state index in [-0.39, 0.29) is 5.48 Å². The Labute approximate surface area is 100 Å². The Hall–Kier alpha value is -0.860. The topological polar surface area (TPSA) is 43.5 Å². The lowest BCUT2D eigenvalue weighted by atomic mass is 10.2. The van der Waals surface area contributed by atoms with E-state index in [1.807, 2.05) is 13.8 Å². The van der Waals surface area contributed by atoms with Crippen LogP contribution in [-0.4, -0.2) is 12.0 Å². The highest BCUT2D eigenvalue weighted by Crippen LogP contribution is 1.97. The van der Waals surface area contributed by atoms with Crippen LogP contribution in [0.1, 0.15) is 45.6 Å². The van der Waals surface area contributed by atoms with Gasteiger partial charge < -0.3 is 10.8 Å². The Morgan fingerprint density at radius 3 is 2.19 bits per heavy atom. The van der Waals surface area contributed by atoms with E-state index in [4.69, 9.17) is 0 Å². The molecule has 0 aliphatic heterocycles. The first kappa shape index (κ1) is 17.5. The van der Waals surface area contributed by atoms with Crippen LogP contribution in [0.15, 0.2) is 30.3 Å². The van der Waals surface area contributed by atoms with Crippen molar-refractivity contribution in [2.24, 2.45) is 0 Å². The van der Waals surface area contributed by atoms with Crippen LogP contribution >= 0.6 is 0 Å². The molecule has 16 heavy (non-hydrogen) atoms. The van der Waals surface area contributed by atoms with Gasteiger partial charge in [-0.2, -0.15) is 0 Å². The van der Waals surface area contributed by atoms with Crippen molar-refractivity contribution in [1.29, 1.82) is 0 Å². The maximum absolute atomic E-state index is 3.44. The molecule has 2 heteroatoms. The van der Waals surface area contributed by atoms with Crippen molar-refractivity contribution >= 4 is 0 Å². The highest BCUT2D eigenvalue weighted by Gasteiger charge is 1.89. The van der Waals surface area contributed by atoms with Gasteiger partial charge in [0.15, 0.2) is 0 Å². The van der Waals surface area contributed by atoms with E-state index in [0.29, 0.717) is 0 Å². The number of rotatable bonds is 6. The quantitative estimate of drug-likeness (QED) is 0.742. The summed E-state index contributed by atoms with van der Waals surface area (Å²) in [4.78, 5) is 0. The van der Waals surface area contributed by atoms with Gasteiger partial charge in [0.25, 0.3) is 0 Å². The van der Waals surface area contributed by atoms with E-state index in [0.717, 1.165) is 13.1 Å². The second-order valence-corrected chi connectivity index (χ2v) is 3.37. The van der Waals surface area contributed by atoms with Gasteiger partial charge in [-0.15, -0.1) is 0 Å². The normalized spacial score (nSPS) is 8.69. The summed E-state index contributed by atoms with van der Waals surface area (Å²) in [5.74, 6) is 0. The second-order valence-electron chi connectivity index (χ2n) is 3.37. The molecule has 1 aromatic carbocycles. The molecular weight excluding hydrogens is 198 g/mol. The van der Waals surface area contributed by atoms with E-state index in [1.54, 1.807) is 0 Å². The first-order valence-corrected chi connectivity index (χ1v) is 6.18. The molecule has 0 saturated heterocycles. The summed E-state index contributed by atoms with van der Waals surface area (Å²) >= 11 is 0. The third-order valence-electron chi connectivity index (χ3n) is 2.13. The molecule has 0 atom stereocenters. The molecule has 0 heterocycles. The molecule has 2 nitrogen and oxygen atoms in total. The first-order valence-electron chi connectivity index (χ1n) is 6.18. The van der Waals surface area contributed by atoms with Crippen molar-refractivity contribution in [2.75, 3.05) is 6.54 Å². The number of unbranched alkanes of at least 4 members (excludes halogenated alkanes) is 2. The molecular formula is C14H27NO. The third-order valence-corrected chi connectivity index (χ3v) is 2.13. The molecule has 0 unspecified atom stereocenters. The molecule has 0 amide bonds. The van der Waals surface area contributed by atoms with Crippen molar-refractivity contribution in [3.63, 3.8) is 0 Å². The Morgan fingerprint density at radius 1 is 1.00 bits per heavy atom. The van der Waals surface area contributed by atoms with Gasteiger partial charge in [0, 0.05) is 6.54 Å². The number of nitrogens with one attached hydrogen (secondary N) is 1. The van der Waals surface area contributed by atoms with Gasteiger partial charge in [-0.25, -0.2) is 0 Å². The molecule has 0 fully saturated rings. The van der Waals surface area contributed by atoms with Gasteiger partial charge in [-0.05, 0) is 18.5 Å². The summed E-state index contributed by atoms with van der Waals surface area (Å²) in [6.45, 7) is 8.38. The van der Waals surface area contributed by atoms with Crippen LogP contribution in [-0.2, 0) is 6.54 Å². The van der Waals surface area contributed by atoms with Crippen molar-refractivity contribution in [2.45, 2.75) is 46.6 Å². The smallest absolute Gasteiger partial charge is 0.0205 e. The van der Waals surface area contributed by atoms with Crippen LogP contribution in [0.3, 0.4) is 0 Å². The molecule has 1 aromatic rings. The summed E-state index contributed by atoms with van der Waals surface area (Å²) in [5, 5.41) is 3.44. The van der Waals surface area contributed by atoms with Gasteiger partial charge in [0.2, 0.25) is 0 Å². The molecule has 3 N–H and O–H groups in total. The summed E-state index contributed by atoms with van der Waals surface area (Å²) in [6, 6.07) is 10.5. The zero-order valence-electron chi connectivity index (χ0n) is 10.9. The highest BCUT2D eigenvalue weighted by molar-refractivity contribution is 5.14. The molecule has 0 aromatic heterocycles. The fourth-order valence-corrected chi connectivity index (χ4v) is 1.33. The predicted molar refractivity (Wildman–Crippen MR) is 72.6 cm³/mol. The van der Waals surface area contributed by atoms with Crippen molar-refractivity contribution in [3.8, 4) is 0 Å². The molecule has 1 rings (SSSR count). The summed E-state index contributed by atoms with van der Waals surface area (Å²) in [5.41, 5.74) is 1.37. The maximum atomic E-state index is 3.44. The lowest BCUT2D eigenvalue weighted by Crippen LogP contribution is -2.14. The fraction of sp³-hybridized carbons (Fsp3) is 0.571. The minimum atomic E-state index is 0. The van der Waals surface area contributed by atoms with Gasteiger partial charge in [0.05, 0.1) is 0 Å². The molecule has 0 aliphatic carbocycles. The van der Waals surface area contributed by atoms with Crippen LogP contribution in [0.5, 0.6) is 0 Å². The van der Waals surface area contributed by atoms with Crippen LogP contribution in [0.4, 0.5) is 0 Å². The zero-order valence-corrected chi connectivity index (χ0v) is 10.9. The molecule has 0 bridgehead atoms. The van der Waals surface area contributed by atoms with E-state index in [2.05, 4.69) is 42.6 Å². The third kappa shape index (κ3) is 9.69. The Balaban J connectivity index is 0. The van der Waals surface area contributed by atoms with E-state index < -0.39 is 0 Å². The largest absolute Gasteiger partial charge is 0.412 e. The molecule has 0 aliphatic rings. The van der Waals surface area contributed by atoms with Crippen LogP contribution in [0.25, 0.3) is 0 Å². The minimum Gasteiger partial charge on any atom is -0.412 e. The monoisotopic (exact) mass is 225 g/mol. The standard InChI is InChI=1S/C12H19N.C2H6.H2O/c1-2-3-7-10-13-11-12-8-5-4-6-9-12;1-2;/h4-6,8-9,13H,2-3,7,10-11H2,1H3;1-2H3;1H2. The van der Waals surface area contributed by atoms with Crippen molar-refractivity contribution in [1.82, 2.24) is 5.32 Å². The summed E-state index contributed by atoms with van der Waals surface area (Å²) < 4.78 is 0. The minimum absolute atomic E-state index is 0. The lowest BCUT2D eigenvalue weighted by molar-refractivity contribution is 0.617.